The van der Waals surface area contributed by atoms with E-state index in [4.69, 9.17) is 15.6 Å². The molecule has 13 heavy (non-hydrogen) atoms. The minimum absolute atomic E-state index is 0.181. The van der Waals surface area contributed by atoms with Gasteiger partial charge in [0.1, 0.15) is 5.75 Å². The average Bonchev–Trinajstić information content (AvgIpc) is 2.16. The summed E-state index contributed by atoms with van der Waals surface area (Å²) < 4.78 is 5.45. The molecule has 0 saturated carbocycles. The van der Waals surface area contributed by atoms with Gasteiger partial charge in [-0.3, -0.25) is 0 Å². The average molecular weight is 179 g/mol. The van der Waals surface area contributed by atoms with E-state index in [9.17, 15) is 0 Å². The zero-order chi connectivity index (χ0) is 9.26. The molecular formula is C10H13NO2. The van der Waals surface area contributed by atoms with E-state index in [-0.39, 0.29) is 12.5 Å². The van der Waals surface area contributed by atoms with Crippen LogP contribution >= 0.6 is 0 Å². The van der Waals surface area contributed by atoms with Crippen molar-refractivity contribution in [3.8, 4) is 5.75 Å². The number of aliphatic hydroxyl groups is 1. The molecule has 0 saturated heterocycles. The first-order chi connectivity index (χ1) is 6.31. The smallest absolute Gasteiger partial charge is 0.124 e. The number of nitrogen functional groups attached to an aromatic ring is 1. The quantitative estimate of drug-likeness (QED) is 0.635. The van der Waals surface area contributed by atoms with Gasteiger partial charge in [-0.1, -0.05) is 6.07 Å². The molecule has 0 bridgehead atoms. The van der Waals surface area contributed by atoms with Crippen molar-refractivity contribution in [2.24, 2.45) is 0 Å². The number of benzene rings is 1. The van der Waals surface area contributed by atoms with Crippen LogP contribution in [-0.4, -0.2) is 18.3 Å². The number of ether oxygens (including phenoxy) is 1. The summed E-state index contributed by atoms with van der Waals surface area (Å²) in [5.74, 6) is 1.04. The summed E-state index contributed by atoms with van der Waals surface area (Å²) in [6.07, 6.45) is 0.882. The van der Waals surface area contributed by atoms with Gasteiger partial charge in [0.25, 0.3) is 0 Å². The van der Waals surface area contributed by atoms with Gasteiger partial charge in [0.15, 0.2) is 0 Å². The van der Waals surface area contributed by atoms with E-state index in [1.54, 1.807) is 0 Å². The molecule has 2 rings (SSSR count). The van der Waals surface area contributed by atoms with Crippen molar-refractivity contribution in [2.45, 2.75) is 12.3 Å². The van der Waals surface area contributed by atoms with Gasteiger partial charge in [0.05, 0.1) is 13.2 Å². The molecule has 1 aromatic rings. The summed E-state index contributed by atoms with van der Waals surface area (Å²) in [7, 11) is 0. The normalized spacial score (nSPS) is 20.5. The van der Waals surface area contributed by atoms with Crippen molar-refractivity contribution in [3.05, 3.63) is 23.8 Å². The molecule has 1 heterocycles. The van der Waals surface area contributed by atoms with E-state index in [0.717, 1.165) is 17.7 Å². The highest BCUT2D eigenvalue weighted by Crippen LogP contribution is 2.34. The minimum Gasteiger partial charge on any atom is -0.493 e. The number of rotatable bonds is 1. The first-order valence-electron chi connectivity index (χ1n) is 4.44. The second-order valence-electron chi connectivity index (χ2n) is 3.31. The summed E-state index contributed by atoms with van der Waals surface area (Å²) in [6.45, 7) is 0.849. The number of anilines is 1. The van der Waals surface area contributed by atoms with Gasteiger partial charge in [-0.25, -0.2) is 0 Å². The Bertz CT molecular complexity index is 312. The highest BCUT2D eigenvalue weighted by atomic mass is 16.5. The van der Waals surface area contributed by atoms with Crippen LogP contribution in [0.15, 0.2) is 18.2 Å². The summed E-state index contributed by atoms with van der Waals surface area (Å²) >= 11 is 0. The van der Waals surface area contributed by atoms with E-state index in [1.807, 2.05) is 18.2 Å². The van der Waals surface area contributed by atoms with Gasteiger partial charge in [-0.05, 0) is 18.1 Å². The maximum atomic E-state index is 9.12. The first kappa shape index (κ1) is 8.38. The fraction of sp³-hybridized carbons (Fsp3) is 0.400. The maximum Gasteiger partial charge on any atom is 0.124 e. The Hall–Kier alpha value is -1.22. The lowest BCUT2D eigenvalue weighted by atomic mass is 9.94. The Kier molecular flexibility index (Phi) is 2.10. The highest BCUT2D eigenvalue weighted by Gasteiger charge is 2.20. The summed E-state index contributed by atoms with van der Waals surface area (Å²) in [5.41, 5.74) is 7.40. The van der Waals surface area contributed by atoms with Crippen LogP contribution in [-0.2, 0) is 0 Å². The molecule has 1 unspecified atom stereocenters. The molecule has 0 radical (unpaired) electrons. The number of hydrogen-bond donors (Lipinski definition) is 2. The molecule has 0 aliphatic carbocycles. The third-order valence-electron chi connectivity index (χ3n) is 2.42. The molecule has 70 valence electrons. The highest BCUT2D eigenvalue weighted by molar-refractivity contribution is 5.50. The Morgan fingerprint density at radius 1 is 1.54 bits per heavy atom. The molecule has 1 aliphatic heterocycles. The lowest BCUT2D eigenvalue weighted by Crippen LogP contribution is -2.16. The van der Waals surface area contributed by atoms with Crippen LogP contribution < -0.4 is 10.5 Å². The third-order valence-corrected chi connectivity index (χ3v) is 2.42. The molecule has 1 aromatic carbocycles. The van der Waals surface area contributed by atoms with E-state index in [0.29, 0.717) is 12.3 Å². The van der Waals surface area contributed by atoms with Gasteiger partial charge in [-0.15, -0.1) is 0 Å². The number of fused-ring (bicyclic) bond motifs is 1. The van der Waals surface area contributed by atoms with Crippen LogP contribution in [0, 0.1) is 0 Å². The van der Waals surface area contributed by atoms with Gasteiger partial charge in [-0.2, -0.15) is 0 Å². The molecule has 3 N–H and O–H groups in total. The zero-order valence-corrected chi connectivity index (χ0v) is 7.36. The lowest BCUT2D eigenvalue weighted by Gasteiger charge is -2.24. The Labute approximate surface area is 77.1 Å². The van der Waals surface area contributed by atoms with Crippen LogP contribution in [0.4, 0.5) is 5.69 Å². The predicted molar refractivity (Wildman–Crippen MR) is 50.8 cm³/mol. The molecule has 0 fully saturated rings. The Morgan fingerprint density at radius 3 is 3.15 bits per heavy atom. The SMILES string of the molecule is Nc1ccc2c(c1)OCCC2CO. The number of nitrogens with two attached hydrogens (primary N) is 1. The van der Waals surface area contributed by atoms with Crippen LogP contribution in [0.25, 0.3) is 0 Å². The molecule has 0 aromatic heterocycles. The minimum atomic E-state index is 0.181. The van der Waals surface area contributed by atoms with E-state index in [2.05, 4.69) is 0 Å². The third kappa shape index (κ3) is 1.47. The topological polar surface area (TPSA) is 55.5 Å². The molecule has 3 heteroatoms. The molecule has 1 aliphatic rings. The van der Waals surface area contributed by atoms with Crippen LogP contribution in [0.5, 0.6) is 5.75 Å². The Balaban J connectivity index is 2.40. The van der Waals surface area contributed by atoms with E-state index in [1.165, 1.54) is 0 Å². The summed E-state index contributed by atoms with van der Waals surface area (Å²) in [4.78, 5) is 0. The Morgan fingerprint density at radius 2 is 2.38 bits per heavy atom. The van der Waals surface area contributed by atoms with E-state index < -0.39 is 0 Å². The van der Waals surface area contributed by atoms with Crippen molar-refractivity contribution in [1.29, 1.82) is 0 Å². The van der Waals surface area contributed by atoms with Crippen LogP contribution in [0.3, 0.4) is 0 Å². The van der Waals surface area contributed by atoms with Crippen molar-refractivity contribution in [2.75, 3.05) is 18.9 Å². The molecule has 3 nitrogen and oxygen atoms in total. The van der Waals surface area contributed by atoms with Gasteiger partial charge < -0.3 is 15.6 Å². The second kappa shape index (κ2) is 3.26. The lowest BCUT2D eigenvalue weighted by molar-refractivity contribution is 0.205. The van der Waals surface area contributed by atoms with Gasteiger partial charge >= 0.3 is 0 Å². The second-order valence-corrected chi connectivity index (χ2v) is 3.31. The fourth-order valence-corrected chi connectivity index (χ4v) is 1.67. The van der Waals surface area contributed by atoms with Crippen molar-refractivity contribution >= 4 is 5.69 Å². The molecule has 0 spiro atoms. The summed E-state index contributed by atoms with van der Waals surface area (Å²) in [6, 6.07) is 5.60. The van der Waals surface area contributed by atoms with Gasteiger partial charge in [0, 0.05) is 17.7 Å². The van der Waals surface area contributed by atoms with Crippen molar-refractivity contribution in [3.63, 3.8) is 0 Å². The van der Waals surface area contributed by atoms with Crippen molar-refractivity contribution < 1.29 is 9.84 Å². The van der Waals surface area contributed by atoms with Gasteiger partial charge in [0.2, 0.25) is 0 Å². The first-order valence-corrected chi connectivity index (χ1v) is 4.44. The van der Waals surface area contributed by atoms with Crippen molar-refractivity contribution in [1.82, 2.24) is 0 Å². The van der Waals surface area contributed by atoms with Crippen LogP contribution in [0.2, 0.25) is 0 Å². The number of hydrogen-bond acceptors (Lipinski definition) is 3. The molecular weight excluding hydrogens is 166 g/mol. The monoisotopic (exact) mass is 179 g/mol. The largest absolute Gasteiger partial charge is 0.493 e. The zero-order valence-electron chi connectivity index (χ0n) is 7.36. The fourth-order valence-electron chi connectivity index (χ4n) is 1.67. The maximum absolute atomic E-state index is 9.12. The summed E-state index contributed by atoms with van der Waals surface area (Å²) in [5, 5.41) is 9.12. The van der Waals surface area contributed by atoms with Crippen LogP contribution in [0.1, 0.15) is 17.9 Å². The number of aliphatic hydroxyl groups excluding tert-OH is 1. The standard InChI is InChI=1S/C10H13NO2/c11-8-1-2-9-7(6-12)3-4-13-10(9)5-8/h1-2,5,7,12H,3-4,6,11H2. The predicted octanol–water partition coefficient (Wildman–Crippen LogP) is 1.13. The molecule has 1 atom stereocenters. The molecule has 0 amide bonds. The van der Waals surface area contributed by atoms with E-state index >= 15 is 0 Å².